The van der Waals surface area contributed by atoms with E-state index < -0.39 is 6.04 Å². The molecule has 4 nitrogen and oxygen atoms in total. The zero-order chi connectivity index (χ0) is 18.9. The van der Waals surface area contributed by atoms with Crippen molar-refractivity contribution in [1.82, 2.24) is 10.6 Å². The second-order valence-electron chi connectivity index (χ2n) is 6.69. The molecular formula is C21H25ClN2O2. The normalized spacial score (nSPS) is 11.8. The maximum Gasteiger partial charge on any atom is 0.251 e. The highest BCUT2D eigenvalue weighted by Crippen LogP contribution is 2.11. The number of carbonyl (C=O) groups is 2. The molecule has 0 heterocycles. The molecule has 0 bridgehead atoms. The quantitative estimate of drug-likeness (QED) is 0.739. The average molecular weight is 373 g/mol. The summed E-state index contributed by atoms with van der Waals surface area (Å²) in [5.41, 5.74) is 1.65. The first-order chi connectivity index (χ1) is 12.5. The van der Waals surface area contributed by atoms with Crippen LogP contribution >= 0.6 is 11.6 Å². The number of rotatable bonds is 8. The Morgan fingerprint density at radius 2 is 1.65 bits per heavy atom. The SMILES string of the molecule is CC(C)CC(NC(=O)c1ccc(Cl)cc1)C(=O)NCCc1ccccc1. The molecule has 2 N–H and O–H groups in total. The Bertz CT molecular complexity index is 715. The fourth-order valence-electron chi connectivity index (χ4n) is 2.64. The van der Waals surface area contributed by atoms with Gasteiger partial charge in [0.05, 0.1) is 0 Å². The van der Waals surface area contributed by atoms with E-state index in [2.05, 4.69) is 10.6 Å². The Balaban J connectivity index is 1.93. The van der Waals surface area contributed by atoms with E-state index in [1.165, 1.54) is 5.56 Å². The molecule has 1 atom stereocenters. The van der Waals surface area contributed by atoms with Gasteiger partial charge in [0, 0.05) is 17.1 Å². The summed E-state index contributed by atoms with van der Waals surface area (Å²) in [5.74, 6) is -0.145. The molecular weight excluding hydrogens is 348 g/mol. The first-order valence-corrected chi connectivity index (χ1v) is 9.21. The molecule has 0 spiro atoms. The van der Waals surface area contributed by atoms with Gasteiger partial charge >= 0.3 is 0 Å². The Morgan fingerprint density at radius 1 is 1.00 bits per heavy atom. The van der Waals surface area contributed by atoms with Crippen LogP contribution in [0.1, 0.15) is 36.2 Å². The van der Waals surface area contributed by atoms with Crippen LogP contribution in [-0.2, 0) is 11.2 Å². The summed E-state index contributed by atoms with van der Waals surface area (Å²) in [4.78, 5) is 25.0. The van der Waals surface area contributed by atoms with Crippen LogP contribution in [0.15, 0.2) is 54.6 Å². The Labute approximate surface area is 159 Å². The van der Waals surface area contributed by atoms with Crippen molar-refractivity contribution in [3.05, 3.63) is 70.7 Å². The molecule has 138 valence electrons. The van der Waals surface area contributed by atoms with Gasteiger partial charge in [-0.1, -0.05) is 55.8 Å². The molecule has 0 aliphatic heterocycles. The first kappa shape index (κ1) is 20.0. The van der Waals surface area contributed by atoms with Gasteiger partial charge in [0.2, 0.25) is 5.91 Å². The maximum atomic E-state index is 12.5. The van der Waals surface area contributed by atoms with Gasteiger partial charge in [0.15, 0.2) is 0 Å². The van der Waals surface area contributed by atoms with Crippen LogP contribution < -0.4 is 10.6 Å². The summed E-state index contributed by atoms with van der Waals surface area (Å²) in [7, 11) is 0. The van der Waals surface area contributed by atoms with Crippen molar-refractivity contribution < 1.29 is 9.59 Å². The molecule has 2 amide bonds. The molecule has 0 aromatic heterocycles. The van der Waals surface area contributed by atoms with E-state index in [9.17, 15) is 9.59 Å². The van der Waals surface area contributed by atoms with Crippen LogP contribution in [0.3, 0.4) is 0 Å². The van der Waals surface area contributed by atoms with E-state index in [4.69, 9.17) is 11.6 Å². The largest absolute Gasteiger partial charge is 0.354 e. The minimum Gasteiger partial charge on any atom is -0.354 e. The van der Waals surface area contributed by atoms with Gasteiger partial charge in [-0.3, -0.25) is 9.59 Å². The van der Waals surface area contributed by atoms with Crippen molar-refractivity contribution in [3.8, 4) is 0 Å². The van der Waals surface area contributed by atoms with Gasteiger partial charge in [-0.2, -0.15) is 0 Å². The zero-order valence-corrected chi connectivity index (χ0v) is 15.9. The van der Waals surface area contributed by atoms with Crippen LogP contribution in [0.2, 0.25) is 5.02 Å². The molecule has 0 saturated carbocycles. The number of amides is 2. The number of benzene rings is 2. The fourth-order valence-corrected chi connectivity index (χ4v) is 2.77. The van der Waals surface area contributed by atoms with E-state index in [0.29, 0.717) is 23.6 Å². The van der Waals surface area contributed by atoms with Gasteiger partial charge < -0.3 is 10.6 Å². The highest BCUT2D eigenvalue weighted by Gasteiger charge is 2.22. The first-order valence-electron chi connectivity index (χ1n) is 8.83. The third-order valence-electron chi connectivity index (χ3n) is 3.99. The van der Waals surface area contributed by atoms with Gasteiger partial charge in [-0.05, 0) is 48.6 Å². The summed E-state index contributed by atoms with van der Waals surface area (Å²) in [6.45, 7) is 4.59. The molecule has 1 unspecified atom stereocenters. The minimum atomic E-state index is -0.561. The van der Waals surface area contributed by atoms with E-state index in [0.717, 1.165) is 6.42 Å². The summed E-state index contributed by atoms with van der Waals surface area (Å²) in [5, 5.41) is 6.33. The summed E-state index contributed by atoms with van der Waals surface area (Å²) >= 11 is 5.85. The molecule has 0 aliphatic carbocycles. The van der Waals surface area contributed by atoms with Gasteiger partial charge in [-0.25, -0.2) is 0 Å². The van der Waals surface area contributed by atoms with Crippen molar-refractivity contribution in [3.63, 3.8) is 0 Å². The zero-order valence-electron chi connectivity index (χ0n) is 15.2. The molecule has 26 heavy (non-hydrogen) atoms. The summed E-state index contributed by atoms with van der Waals surface area (Å²) in [6.07, 6.45) is 1.34. The minimum absolute atomic E-state index is 0.156. The number of nitrogens with one attached hydrogen (secondary N) is 2. The molecule has 0 aliphatic rings. The van der Waals surface area contributed by atoms with Crippen molar-refractivity contribution in [2.24, 2.45) is 5.92 Å². The third kappa shape index (κ3) is 6.52. The Hall–Kier alpha value is -2.33. The molecule has 5 heteroatoms. The highest BCUT2D eigenvalue weighted by atomic mass is 35.5. The smallest absolute Gasteiger partial charge is 0.251 e. The molecule has 0 fully saturated rings. The number of carbonyl (C=O) groups excluding carboxylic acids is 2. The maximum absolute atomic E-state index is 12.5. The van der Waals surface area contributed by atoms with E-state index in [1.807, 2.05) is 44.2 Å². The monoisotopic (exact) mass is 372 g/mol. The van der Waals surface area contributed by atoms with Crippen LogP contribution in [0.25, 0.3) is 0 Å². The molecule has 0 saturated heterocycles. The van der Waals surface area contributed by atoms with Gasteiger partial charge in [0.25, 0.3) is 5.91 Å². The Kier molecular flexibility index (Phi) is 7.67. The molecule has 0 radical (unpaired) electrons. The van der Waals surface area contributed by atoms with Crippen molar-refractivity contribution in [2.45, 2.75) is 32.7 Å². The van der Waals surface area contributed by atoms with Gasteiger partial charge in [0.1, 0.15) is 6.04 Å². The number of hydrogen-bond donors (Lipinski definition) is 2. The average Bonchev–Trinajstić information content (AvgIpc) is 2.62. The van der Waals surface area contributed by atoms with E-state index >= 15 is 0 Å². The summed E-state index contributed by atoms with van der Waals surface area (Å²) < 4.78 is 0. The summed E-state index contributed by atoms with van der Waals surface area (Å²) in [6, 6.07) is 16.0. The van der Waals surface area contributed by atoms with Crippen LogP contribution in [0.4, 0.5) is 0 Å². The second kappa shape index (κ2) is 9.97. The van der Waals surface area contributed by atoms with Crippen LogP contribution in [-0.4, -0.2) is 24.4 Å². The second-order valence-corrected chi connectivity index (χ2v) is 7.13. The van der Waals surface area contributed by atoms with Crippen molar-refractivity contribution in [1.29, 1.82) is 0 Å². The third-order valence-corrected chi connectivity index (χ3v) is 4.24. The molecule has 2 aromatic carbocycles. The van der Waals surface area contributed by atoms with Crippen LogP contribution in [0, 0.1) is 5.92 Å². The standard InChI is InChI=1S/C21H25ClN2O2/c1-15(2)14-19(24-20(25)17-8-10-18(22)11-9-17)21(26)23-13-12-16-6-4-3-5-7-16/h3-11,15,19H,12-14H2,1-2H3,(H,23,26)(H,24,25). The predicted molar refractivity (Wildman–Crippen MR) is 105 cm³/mol. The number of halogens is 1. The van der Waals surface area contributed by atoms with Crippen molar-refractivity contribution >= 4 is 23.4 Å². The molecule has 2 aromatic rings. The van der Waals surface area contributed by atoms with Crippen LogP contribution in [0.5, 0.6) is 0 Å². The predicted octanol–water partition coefficient (Wildman–Crippen LogP) is 3.84. The topological polar surface area (TPSA) is 58.2 Å². The van der Waals surface area contributed by atoms with E-state index in [-0.39, 0.29) is 17.7 Å². The number of hydrogen-bond acceptors (Lipinski definition) is 2. The fraction of sp³-hybridized carbons (Fsp3) is 0.333. The molecule has 2 rings (SSSR count). The lowest BCUT2D eigenvalue weighted by molar-refractivity contribution is -0.123. The van der Waals surface area contributed by atoms with Gasteiger partial charge in [-0.15, -0.1) is 0 Å². The van der Waals surface area contributed by atoms with Crippen molar-refractivity contribution in [2.75, 3.05) is 6.54 Å². The highest BCUT2D eigenvalue weighted by molar-refractivity contribution is 6.30. The lowest BCUT2D eigenvalue weighted by Crippen LogP contribution is -2.47. The lowest BCUT2D eigenvalue weighted by atomic mass is 10.0. The Morgan fingerprint density at radius 3 is 2.27 bits per heavy atom. The lowest BCUT2D eigenvalue weighted by Gasteiger charge is -2.20. The van der Waals surface area contributed by atoms with E-state index in [1.54, 1.807) is 24.3 Å².